The van der Waals surface area contributed by atoms with Crippen molar-refractivity contribution in [3.05, 3.63) is 42.5 Å². The van der Waals surface area contributed by atoms with E-state index in [1.54, 1.807) is 18.9 Å². The Morgan fingerprint density at radius 1 is 1.38 bits per heavy atom. The lowest BCUT2D eigenvalue weighted by molar-refractivity contribution is 0.0859. The molecule has 0 aliphatic heterocycles. The van der Waals surface area contributed by atoms with Gasteiger partial charge in [-0.25, -0.2) is 9.78 Å². The molecule has 0 spiro atoms. The molecule has 2 heterocycles. The Hall–Kier alpha value is -2.26. The summed E-state index contributed by atoms with van der Waals surface area (Å²) < 4.78 is 1.99. The SMILES string of the molecule is Cc1nc(CN(C)C(C)C(=O)c2c(N)n(C)c(=O)n(C)c2=O)cs1. The van der Waals surface area contributed by atoms with Crippen LogP contribution in [-0.4, -0.2) is 37.9 Å². The molecule has 0 aliphatic carbocycles. The maximum atomic E-state index is 12.8. The number of nitrogen functional groups attached to an aromatic ring is 1. The van der Waals surface area contributed by atoms with Gasteiger partial charge in [0.05, 0.1) is 16.7 Å². The highest BCUT2D eigenvalue weighted by molar-refractivity contribution is 7.09. The van der Waals surface area contributed by atoms with Gasteiger partial charge in [-0.3, -0.25) is 23.6 Å². The van der Waals surface area contributed by atoms with Gasteiger partial charge < -0.3 is 5.73 Å². The van der Waals surface area contributed by atoms with E-state index < -0.39 is 23.1 Å². The molecule has 2 N–H and O–H groups in total. The number of likely N-dealkylation sites (N-methyl/N-ethyl adjacent to an activating group) is 1. The number of hydrogen-bond donors (Lipinski definition) is 1. The minimum absolute atomic E-state index is 0.113. The first-order valence-corrected chi connectivity index (χ1v) is 8.24. The summed E-state index contributed by atoms with van der Waals surface area (Å²) in [5.74, 6) is -0.531. The molecule has 0 amide bonds. The lowest BCUT2D eigenvalue weighted by Gasteiger charge is -2.23. The molecule has 2 aromatic heterocycles. The molecule has 24 heavy (non-hydrogen) atoms. The van der Waals surface area contributed by atoms with Crippen molar-refractivity contribution in [1.29, 1.82) is 0 Å². The van der Waals surface area contributed by atoms with Crippen molar-refractivity contribution in [2.24, 2.45) is 14.1 Å². The highest BCUT2D eigenvalue weighted by Gasteiger charge is 2.27. The quantitative estimate of drug-likeness (QED) is 0.768. The number of aryl methyl sites for hydroxylation is 1. The Labute approximate surface area is 143 Å². The number of anilines is 1. The molecule has 9 heteroatoms. The molecule has 0 aliphatic rings. The van der Waals surface area contributed by atoms with E-state index in [4.69, 9.17) is 5.73 Å². The molecule has 0 fully saturated rings. The van der Waals surface area contributed by atoms with E-state index in [0.29, 0.717) is 6.54 Å². The van der Waals surface area contributed by atoms with Crippen LogP contribution >= 0.6 is 11.3 Å². The number of rotatable bonds is 5. The Bertz CT molecular complexity index is 895. The summed E-state index contributed by atoms with van der Waals surface area (Å²) in [5.41, 5.74) is 5.31. The summed E-state index contributed by atoms with van der Waals surface area (Å²) >= 11 is 1.54. The second-order valence-electron chi connectivity index (χ2n) is 5.78. The van der Waals surface area contributed by atoms with Crippen LogP contribution in [-0.2, 0) is 20.6 Å². The summed E-state index contributed by atoms with van der Waals surface area (Å²) in [6.45, 7) is 4.09. The summed E-state index contributed by atoms with van der Waals surface area (Å²) in [7, 11) is 4.54. The third-order valence-electron chi connectivity index (χ3n) is 4.07. The van der Waals surface area contributed by atoms with Gasteiger partial charge in [0.15, 0.2) is 5.78 Å². The van der Waals surface area contributed by atoms with E-state index in [9.17, 15) is 14.4 Å². The van der Waals surface area contributed by atoms with Crippen LogP contribution in [0.4, 0.5) is 5.82 Å². The second-order valence-corrected chi connectivity index (χ2v) is 6.84. The van der Waals surface area contributed by atoms with E-state index in [0.717, 1.165) is 19.8 Å². The third-order valence-corrected chi connectivity index (χ3v) is 4.90. The summed E-state index contributed by atoms with van der Waals surface area (Å²) in [4.78, 5) is 43.1. The Morgan fingerprint density at radius 3 is 2.54 bits per heavy atom. The Morgan fingerprint density at radius 2 is 2.00 bits per heavy atom. The predicted octanol–water partition coefficient (Wildman–Crippen LogP) is 0.134. The molecule has 0 radical (unpaired) electrons. The van der Waals surface area contributed by atoms with Gasteiger partial charge in [-0.15, -0.1) is 11.3 Å². The number of nitrogens with zero attached hydrogens (tertiary/aromatic N) is 4. The standard InChI is InChI=1S/C15H21N5O3S/c1-8(18(3)6-10-7-24-9(2)17-10)12(21)11-13(16)19(4)15(23)20(5)14(11)22/h7-8H,6,16H2,1-5H3. The maximum Gasteiger partial charge on any atom is 0.332 e. The van der Waals surface area contributed by atoms with Crippen molar-refractivity contribution >= 4 is 22.9 Å². The number of aromatic nitrogens is 3. The van der Waals surface area contributed by atoms with Crippen LogP contribution in [0.1, 0.15) is 28.0 Å². The first kappa shape index (κ1) is 18.1. The van der Waals surface area contributed by atoms with Gasteiger partial charge >= 0.3 is 5.69 Å². The summed E-state index contributed by atoms with van der Waals surface area (Å²) in [6, 6.07) is -0.584. The highest BCUT2D eigenvalue weighted by Crippen LogP contribution is 2.14. The zero-order valence-electron chi connectivity index (χ0n) is 14.4. The Balaban J connectivity index is 2.34. The van der Waals surface area contributed by atoms with Crippen LogP contribution in [0.3, 0.4) is 0 Å². The molecule has 130 valence electrons. The molecule has 0 saturated carbocycles. The topological polar surface area (TPSA) is 103 Å². The third kappa shape index (κ3) is 3.17. The maximum absolute atomic E-state index is 12.8. The molecular formula is C15H21N5O3S. The van der Waals surface area contributed by atoms with Crippen molar-refractivity contribution in [3.63, 3.8) is 0 Å². The molecule has 1 unspecified atom stereocenters. The fraction of sp³-hybridized carbons (Fsp3) is 0.467. The van der Waals surface area contributed by atoms with E-state index in [1.807, 2.05) is 12.3 Å². The summed E-state index contributed by atoms with van der Waals surface area (Å²) in [5, 5.41) is 2.89. The van der Waals surface area contributed by atoms with Crippen molar-refractivity contribution in [1.82, 2.24) is 19.0 Å². The van der Waals surface area contributed by atoms with Gasteiger partial charge in [-0.2, -0.15) is 0 Å². The van der Waals surface area contributed by atoms with Gasteiger partial charge in [0.2, 0.25) is 0 Å². The molecule has 2 rings (SSSR count). The molecule has 0 saturated heterocycles. The number of nitrogens with two attached hydrogens (primary N) is 1. The average molecular weight is 351 g/mol. The van der Waals surface area contributed by atoms with Gasteiger partial charge in [0, 0.05) is 26.0 Å². The smallest absolute Gasteiger partial charge is 0.332 e. The molecule has 8 nitrogen and oxygen atoms in total. The van der Waals surface area contributed by atoms with Gasteiger partial charge in [0.1, 0.15) is 11.4 Å². The number of thiazole rings is 1. The van der Waals surface area contributed by atoms with Gasteiger partial charge in [-0.05, 0) is 20.9 Å². The van der Waals surface area contributed by atoms with Gasteiger partial charge in [0.25, 0.3) is 5.56 Å². The van der Waals surface area contributed by atoms with E-state index in [-0.39, 0.29) is 11.4 Å². The van der Waals surface area contributed by atoms with Crippen LogP contribution in [0.5, 0.6) is 0 Å². The van der Waals surface area contributed by atoms with E-state index in [2.05, 4.69) is 4.98 Å². The van der Waals surface area contributed by atoms with Gasteiger partial charge in [-0.1, -0.05) is 0 Å². The zero-order chi connectivity index (χ0) is 18.2. The zero-order valence-corrected chi connectivity index (χ0v) is 15.2. The summed E-state index contributed by atoms with van der Waals surface area (Å²) in [6.07, 6.45) is 0. The molecule has 0 aromatic carbocycles. The van der Waals surface area contributed by atoms with Crippen LogP contribution in [0.15, 0.2) is 15.0 Å². The lowest BCUT2D eigenvalue weighted by Crippen LogP contribution is -2.45. The van der Waals surface area contributed by atoms with Crippen LogP contribution in [0.2, 0.25) is 0 Å². The second kappa shape index (κ2) is 6.70. The molecule has 1 atom stereocenters. The first-order chi connectivity index (χ1) is 11.1. The largest absolute Gasteiger partial charge is 0.384 e. The average Bonchev–Trinajstić information content (AvgIpc) is 2.95. The van der Waals surface area contributed by atoms with Crippen LogP contribution < -0.4 is 17.0 Å². The monoisotopic (exact) mass is 351 g/mol. The van der Waals surface area contributed by atoms with E-state index >= 15 is 0 Å². The fourth-order valence-corrected chi connectivity index (χ4v) is 2.98. The van der Waals surface area contributed by atoms with E-state index in [1.165, 1.54) is 25.4 Å². The lowest BCUT2D eigenvalue weighted by atomic mass is 10.1. The fourth-order valence-electron chi connectivity index (χ4n) is 2.37. The number of hydrogen-bond acceptors (Lipinski definition) is 7. The highest BCUT2D eigenvalue weighted by atomic mass is 32.1. The van der Waals surface area contributed by atoms with Crippen LogP contribution in [0.25, 0.3) is 0 Å². The minimum atomic E-state index is -0.676. The normalized spacial score (nSPS) is 12.6. The predicted molar refractivity (Wildman–Crippen MR) is 93.4 cm³/mol. The van der Waals surface area contributed by atoms with Crippen molar-refractivity contribution in [2.45, 2.75) is 26.4 Å². The minimum Gasteiger partial charge on any atom is -0.384 e. The molecule has 2 aromatic rings. The van der Waals surface area contributed by atoms with Crippen molar-refractivity contribution in [2.75, 3.05) is 12.8 Å². The number of carbonyl (C=O) groups excluding carboxylic acids is 1. The van der Waals surface area contributed by atoms with Crippen LogP contribution in [0, 0.1) is 6.92 Å². The number of ketones is 1. The van der Waals surface area contributed by atoms with Crippen molar-refractivity contribution < 1.29 is 4.79 Å². The van der Waals surface area contributed by atoms with Crippen molar-refractivity contribution in [3.8, 4) is 0 Å². The number of Topliss-reactive ketones (excluding diaryl/α,β-unsaturated/α-hetero) is 1. The number of carbonyl (C=O) groups is 1. The Kier molecular flexibility index (Phi) is 5.05. The molecule has 0 bridgehead atoms. The first-order valence-electron chi connectivity index (χ1n) is 7.36. The molecular weight excluding hydrogens is 330 g/mol.